The van der Waals surface area contributed by atoms with Gasteiger partial charge in [-0.3, -0.25) is 14.4 Å². The Hall–Kier alpha value is -4.45. The van der Waals surface area contributed by atoms with Gasteiger partial charge in [-0.25, -0.2) is 9.59 Å². The summed E-state index contributed by atoms with van der Waals surface area (Å²) in [6, 6.07) is 4.71. The maximum atomic E-state index is 14.0. The molecule has 234 valence electrons. The summed E-state index contributed by atoms with van der Waals surface area (Å²) in [5, 5.41) is 33.8. The van der Waals surface area contributed by atoms with Crippen molar-refractivity contribution < 1.29 is 53.5 Å². The number of aliphatic hydroxyl groups excluding tert-OH is 1. The number of carboxylic acid groups (broad SMARTS) is 1. The van der Waals surface area contributed by atoms with Gasteiger partial charge in [0.1, 0.15) is 29.8 Å². The van der Waals surface area contributed by atoms with Gasteiger partial charge in [0.2, 0.25) is 5.78 Å². The number of methoxy groups -OCH3 is 1. The molecule has 0 aromatic heterocycles. The number of esters is 2. The predicted molar refractivity (Wildman–Crippen MR) is 152 cm³/mol. The lowest BCUT2D eigenvalue weighted by molar-refractivity contribution is -0.160. The number of aromatic hydroxyl groups is 1. The number of hydrogen-bond donors (Lipinski definition) is 4. The highest BCUT2D eigenvalue weighted by atomic mass is 16.6. The number of fused-ring (bicyclic) bond motifs is 4. The number of aliphatic carboxylic acids is 1. The van der Waals surface area contributed by atoms with Crippen LogP contribution in [0.3, 0.4) is 0 Å². The Morgan fingerprint density at radius 1 is 1.16 bits per heavy atom. The third kappa shape index (κ3) is 4.86. The molecule has 0 radical (unpaired) electrons. The molecular weight excluding hydrogens is 574 g/mol. The molecule has 1 aliphatic heterocycles. The van der Waals surface area contributed by atoms with Crippen molar-refractivity contribution in [2.75, 3.05) is 13.7 Å². The molecule has 12 nitrogen and oxygen atoms in total. The van der Waals surface area contributed by atoms with Gasteiger partial charge >= 0.3 is 17.9 Å². The maximum absolute atomic E-state index is 14.0. The van der Waals surface area contributed by atoms with Crippen LogP contribution in [-0.4, -0.2) is 76.8 Å². The second-order valence-corrected chi connectivity index (χ2v) is 12.2. The Balaban J connectivity index is 1.65. The largest absolute Gasteiger partial charge is 0.508 e. The number of cyclic esters (lactones) is 1. The van der Waals surface area contributed by atoms with E-state index in [0.717, 1.165) is 6.20 Å². The first-order valence-corrected chi connectivity index (χ1v) is 14.3. The average molecular weight is 610 g/mol. The van der Waals surface area contributed by atoms with Crippen LogP contribution in [0.25, 0.3) is 0 Å². The Morgan fingerprint density at radius 3 is 2.45 bits per heavy atom. The number of phenolic OH excluding ortho intramolecular Hbond substituents is 1. The Labute approximate surface area is 253 Å². The van der Waals surface area contributed by atoms with Gasteiger partial charge in [-0.15, -0.1) is 0 Å². The smallest absolute Gasteiger partial charge is 0.340 e. The summed E-state index contributed by atoms with van der Waals surface area (Å²) in [4.78, 5) is 65.1. The first kappa shape index (κ1) is 31.0. The van der Waals surface area contributed by atoms with Crippen LogP contribution in [0.4, 0.5) is 0 Å². The highest BCUT2D eigenvalue weighted by molar-refractivity contribution is 6.14. The number of carbonyl (C=O) groups excluding carboxylic acids is 4. The fourth-order valence-corrected chi connectivity index (χ4v) is 7.37. The van der Waals surface area contributed by atoms with Crippen LogP contribution in [0, 0.1) is 16.7 Å². The highest BCUT2D eigenvalue weighted by Gasteiger charge is 2.64. The van der Waals surface area contributed by atoms with E-state index in [1.807, 2.05) is 0 Å². The quantitative estimate of drug-likeness (QED) is 0.250. The molecule has 0 spiro atoms. The van der Waals surface area contributed by atoms with E-state index in [0.29, 0.717) is 17.6 Å². The van der Waals surface area contributed by atoms with Crippen LogP contribution < -0.4 is 5.32 Å². The molecule has 12 heteroatoms. The highest BCUT2D eigenvalue weighted by Crippen LogP contribution is 2.62. The minimum Gasteiger partial charge on any atom is -0.508 e. The molecule has 4 aliphatic rings. The van der Waals surface area contributed by atoms with Crippen molar-refractivity contribution in [3.63, 3.8) is 0 Å². The molecule has 1 saturated heterocycles. The Morgan fingerprint density at radius 2 is 1.84 bits per heavy atom. The number of ether oxygens (including phenoxy) is 3. The molecule has 0 amide bonds. The van der Waals surface area contributed by atoms with Crippen molar-refractivity contribution in [3.8, 4) is 5.75 Å². The molecule has 1 aromatic rings. The SMILES string of the molecule is COC[C@H]1OC(=O)/C(=C\N[C@@H](Cc2ccc(O)cc2)C(=O)O)C2=C(O)C(=O)C3=C([C@H](OC(C)=O)C[C@]4(C)C(=O)CC[C@@H]34)[C@]21C. The van der Waals surface area contributed by atoms with Crippen molar-refractivity contribution in [3.05, 3.63) is 64.1 Å². The second-order valence-electron chi connectivity index (χ2n) is 12.2. The standard InChI is InChI=1S/C32H35NO11/c1-15(34)43-21-12-31(2)19(9-10-22(31)36)24-26(21)32(3)23(14-42-4)44-30(41)18(25(32)28(38)27(24)37)13-33-20(29(39)40)11-16-5-7-17(35)8-6-16/h5-8,13,19-21,23,33,35,38H,9-12,14H2,1-4H3,(H,39,40)/b18-13-/t19-,20-,21+,23+,31-,32-/m0/s1. The van der Waals surface area contributed by atoms with Crippen LogP contribution in [0.2, 0.25) is 0 Å². The predicted octanol–water partition coefficient (Wildman–Crippen LogP) is 2.45. The van der Waals surface area contributed by atoms with E-state index in [4.69, 9.17) is 14.2 Å². The fraction of sp³-hybridized carbons (Fsp3) is 0.469. The number of Topliss-reactive ketones (excluding diaryl/α,β-unsaturated/α-hetero) is 2. The third-order valence-corrected chi connectivity index (χ3v) is 9.52. The lowest BCUT2D eigenvalue weighted by Crippen LogP contribution is -2.57. The van der Waals surface area contributed by atoms with Crippen LogP contribution in [0.15, 0.2) is 58.5 Å². The molecule has 1 heterocycles. The molecular formula is C32H35NO11. The summed E-state index contributed by atoms with van der Waals surface area (Å²) in [6.45, 7) is 4.47. The van der Waals surface area contributed by atoms with E-state index >= 15 is 0 Å². The van der Waals surface area contributed by atoms with Crippen LogP contribution in [0.1, 0.15) is 45.6 Å². The van der Waals surface area contributed by atoms with Crippen molar-refractivity contribution in [1.29, 1.82) is 0 Å². The molecule has 1 saturated carbocycles. The van der Waals surface area contributed by atoms with Gasteiger partial charge in [0, 0.05) is 62.0 Å². The number of nitrogens with one attached hydrogen (secondary N) is 1. The number of aliphatic hydroxyl groups is 1. The molecule has 0 unspecified atom stereocenters. The third-order valence-electron chi connectivity index (χ3n) is 9.52. The van der Waals surface area contributed by atoms with E-state index < -0.39 is 64.4 Å². The van der Waals surface area contributed by atoms with Crippen LogP contribution >= 0.6 is 0 Å². The Kier molecular flexibility index (Phi) is 7.91. The van der Waals surface area contributed by atoms with E-state index in [1.165, 1.54) is 26.2 Å². The van der Waals surface area contributed by atoms with E-state index in [1.54, 1.807) is 26.0 Å². The van der Waals surface area contributed by atoms with Gasteiger partial charge in [0.05, 0.1) is 17.6 Å². The summed E-state index contributed by atoms with van der Waals surface area (Å²) in [6.07, 6.45) is -0.351. The number of phenols is 1. The first-order chi connectivity index (χ1) is 20.7. The fourth-order valence-electron chi connectivity index (χ4n) is 7.37. The number of carbonyl (C=O) groups is 5. The zero-order valence-electron chi connectivity index (χ0n) is 24.8. The molecule has 44 heavy (non-hydrogen) atoms. The van der Waals surface area contributed by atoms with Crippen molar-refractivity contribution in [1.82, 2.24) is 5.32 Å². The molecule has 2 fully saturated rings. The number of ketones is 2. The van der Waals surface area contributed by atoms with Crippen molar-refractivity contribution in [2.45, 2.75) is 64.7 Å². The lowest BCUT2D eigenvalue weighted by Gasteiger charge is -2.53. The van der Waals surface area contributed by atoms with Gasteiger partial charge in [0.25, 0.3) is 0 Å². The zero-order chi connectivity index (χ0) is 32.1. The summed E-state index contributed by atoms with van der Waals surface area (Å²) < 4.78 is 17.0. The molecule has 0 bridgehead atoms. The topological polar surface area (TPSA) is 186 Å². The van der Waals surface area contributed by atoms with Gasteiger partial charge in [0.15, 0.2) is 5.76 Å². The number of carboxylic acids is 1. The molecule has 3 aliphatic carbocycles. The number of benzene rings is 1. The van der Waals surface area contributed by atoms with E-state index in [-0.39, 0.29) is 54.1 Å². The first-order valence-electron chi connectivity index (χ1n) is 14.3. The summed E-state index contributed by atoms with van der Waals surface area (Å²) in [5.41, 5.74) is -1.74. The van der Waals surface area contributed by atoms with Crippen LogP contribution in [0.5, 0.6) is 5.75 Å². The van der Waals surface area contributed by atoms with E-state index in [2.05, 4.69) is 5.32 Å². The zero-order valence-corrected chi connectivity index (χ0v) is 24.8. The summed E-state index contributed by atoms with van der Waals surface area (Å²) >= 11 is 0. The Bertz CT molecular complexity index is 1540. The average Bonchev–Trinajstić information content (AvgIpc) is 3.25. The van der Waals surface area contributed by atoms with Gasteiger partial charge in [-0.1, -0.05) is 19.1 Å². The summed E-state index contributed by atoms with van der Waals surface area (Å²) in [7, 11) is 1.40. The van der Waals surface area contributed by atoms with Gasteiger partial charge in [-0.05, 0) is 36.6 Å². The minimum atomic E-state index is -1.45. The molecule has 4 N–H and O–H groups in total. The molecule has 6 atom stereocenters. The lowest BCUT2D eigenvalue weighted by atomic mass is 9.53. The van der Waals surface area contributed by atoms with Gasteiger partial charge < -0.3 is 34.8 Å². The van der Waals surface area contributed by atoms with E-state index in [9.17, 15) is 39.3 Å². The van der Waals surface area contributed by atoms with Crippen molar-refractivity contribution >= 4 is 29.5 Å². The summed E-state index contributed by atoms with van der Waals surface area (Å²) in [5.74, 6) is -4.94. The minimum absolute atomic E-state index is 0.0145. The maximum Gasteiger partial charge on any atom is 0.340 e. The normalized spacial score (nSPS) is 31.2. The monoisotopic (exact) mass is 609 g/mol. The number of hydrogen-bond acceptors (Lipinski definition) is 11. The molecule has 1 aromatic carbocycles. The number of rotatable bonds is 8. The second kappa shape index (κ2) is 11.2. The van der Waals surface area contributed by atoms with Crippen LogP contribution in [-0.2, 0) is 44.6 Å². The molecule has 5 rings (SSSR count). The van der Waals surface area contributed by atoms with Crippen molar-refractivity contribution in [2.24, 2.45) is 16.7 Å². The van der Waals surface area contributed by atoms with Gasteiger partial charge in [-0.2, -0.15) is 0 Å². The number of allylic oxidation sites excluding steroid dienone is 1.